The number of allylic oxidation sites excluding steroid dienone is 6. The number of aliphatic carboxylic acids is 1. The number of hydrogen-bond donors (Lipinski definition) is 1. The first kappa shape index (κ1) is 26.1. The van der Waals surface area contributed by atoms with Gasteiger partial charge in [-0.15, -0.1) is 6.58 Å². The summed E-state index contributed by atoms with van der Waals surface area (Å²) in [6, 6.07) is 21.2. The lowest BCUT2D eigenvalue weighted by molar-refractivity contribution is -0.131. The van der Waals surface area contributed by atoms with E-state index in [1.165, 1.54) is 46.8 Å². The molecule has 0 saturated carbocycles. The molecule has 0 bridgehead atoms. The fourth-order valence-corrected chi connectivity index (χ4v) is 4.07. The summed E-state index contributed by atoms with van der Waals surface area (Å²) in [5, 5.41) is 8.82. The molecule has 0 saturated heterocycles. The molecule has 3 rings (SSSR count). The second-order valence-electron chi connectivity index (χ2n) is 8.55. The Morgan fingerprint density at radius 1 is 1.06 bits per heavy atom. The third-order valence-corrected chi connectivity index (χ3v) is 5.98. The summed E-state index contributed by atoms with van der Waals surface area (Å²) in [5.41, 5.74) is 6.82. The van der Waals surface area contributed by atoms with Crippen molar-refractivity contribution in [3.63, 3.8) is 0 Å². The van der Waals surface area contributed by atoms with Crippen LogP contribution in [0.2, 0.25) is 0 Å². The third kappa shape index (κ3) is 9.49. The van der Waals surface area contributed by atoms with Gasteiger partial charge in [0.1, 0.15) is 0 Å². The van der Waals surface area contributed by atoms with E-state index in [1.54, 1.807) is 6.08 Å². The summed E-state index contributed by atoms with van der Waals surface area (Å²) >= 11 is 0. The Labute approximate surface area is 200 Å². The lowest BCUT2D eigenvalue weighted by Gasteiger charge is -2.26. The zero-order chi connectivity index (χ0) is 23.9. The molecule has 174 valence electrons. The molecule has 2 aromatic rings. The largest absolute Gasteiger partial charge is 0.478 e. The van der Waals surface area contributed by atoms with E-state index in [2.05, 4.69) is 81.1 Å². The summed E-state index contributed by atoms with van der Waals surface area (Å²) in [7, 11) is 0. The van der Waals surface area contributed by atoms with E-state index in [-0.39, 0.29) is 0 Å². The van der Waals surface area contributed by atoms with Crippen molar-refractivity contribution in [1.29, 1.82) is 0 Å². The summed E-state index contributed by atoms with van der Waals surface area (Å²) in [4.78, 5) is 10.7. The van der Waals surface area contributed by atoms with Crippen LogP contribution in [0, 0.1) is 0 Å². The van der Waals surface area contributed by atoms with Crippen LogP contribution in [0.15, 0.2) is 103 Å². The summed E-state index contributed by atoms with van der Waals surface area (Å²) in [6.45, 7) is 7.94. The number of rotatable bonds is 9. The minimum absolute atomic E-state index is 0.570. The zero-order valence-electron chi connectivity index (χ0n) is 20.2. The van der Waals surface area contributed by atoms with Gasteiger partial charge in [-0.3, -0.25) is 0 Å². The first-order chi connectivity index (χ1) is 16.0. The smallest absolute Gasteiger partial charge is 0.327 e. The van der Waals surface area contributed by atoms with E-state index in [1.807, 2.05) is 12.1 Å². The van der Waals surface area contributed by atoms with Gasteiger partial charge in [0.25, 0.3) is 0 Å². The highest BCUT2D eigenvalue weighted by Crippen LogP contribution is 2.38. The van der Waals surface area contributed by atoms with Crippen LogP contribution < -0.4 is 0 Å². The number of benzene rings is 2. The Morgan fingerprint density at radius 2 is 1.73 bits per heavy atom. The fourth-order valence-electron chi connectivity index (χ4n) is 4.07. The van der Waals surface area contributed by atoms with Gasteiger partial charge in [-0.25, -0.2) is 4.79 Å². The van der Waals surface area contributed by atoms with Crippen LogP contribution in [0.3, 0.4) is 0 Å². The molecule has 2 heteroatoms. The highest BCUT2D eigenvalue weighted by atomic mass is 16.4. The van der Waals surface area contributed by atoms with Crippen molar-refractivity contribution >= 4 is 11.5 Å². The number of unbranched alkanes of at least 4 members (excludes halogenated alkanes) is 1. The minimum atomic E-state index is -0.887. The first-order valence-electron chi connectivity index (χ1n) is 12.0. The third-order valence-electron chi connectivity index (χ3n) is 5.98. The van der Waals surface area contributed by atoms with Crippen molar-refractivity contribution in [3.8, 4) is 0 Å². The average Bonchev–Trinajstić information content (AvgIpc) is 2.84. The van der Waals surface area contributed by atoms with Gasteiger partial charge >= 0.3 is 5.97 Å². The first-order valence-corrected chi connectivity index (χ1v) is 12.0. The van der Waals surface area contributed by atoms with Crippen molar-refractivity contribution in [1.82, 2.24) is 0 Å². The topological polar surface area (TPSA) is 37.3 Å². The Balaban J connectivity index is 0.000000696. The van der Waals surface area contributed by atoms with Crippen molar-refractivity contribution in [3.05, 3.63) is 114 Å². The molecule has 0 spiro atoms. The van der Waals surface area contributed by atoms with E-state index >= 15 is 0 Å². The molecule has 1 aliphatic rings. The van der Waals surface area contributed by atoms with Crippen LogP contribution >= 0.6 is 0 Å². The second-order valence-corrected chi connectivity index (χ2v) is 8.55. The van der Waals surface area contributed by atoms with Gasteiger partial charge in [-0.1, -0.05) is 97.8 Å². The van der Waals surface area contributed by atoms with Crippen molar-refractivity contribution in [2.75, 3.05) is 0 Å². The molecule has 0 radical (unpaired) electrons. The molecule has 2 nitrogen and oxygen atoms in total. The molecular weight excluding hydrogens is 404 g/mol. The number of carboxylic acids is 1. The molecule has 2 aromatic carbocycles. The highest BCUT2D eigenvalue weighted by molar-refractivity contribution is 5.79. The van der Waals surface area contributed by atoms with E-state index in [0.717, 1.165) is 32.1 Å². The Kier molecular flexibility index (Phi) is 11.7. The Morgan fingerprint density at radius 3 is 2.30 bits per heavy atom. The van der Waals surface area contributed by atoms with Crippen LogP contribution in [0.4, 0.5) is 0 Å². The molecule has 1 atom stereocenters. The fraction of sp³-hybridized carbons (Fsp3) is 0.323. The van der Waals surface area contributed by atoms with Gasteiger partial charge < -0.3 is 5.11 Å². The van der Waals surface area contributed by atoms with E-state index in [0.29, 0.717) is 5.92 Å². The zero-order valence-corrected chi connectivity index (χ0v) is 20.2. The SMILES string of the molecule is C=CCCC.CC1=C(/C=C(\CC/C=C/C(=O)O)c2ccccc2)CC(c2ccccc2)CC1. The maximum Gasteiger partial charge on any atom is 0.327 e. The van der Waals surface area contributed by atoms with Gasteiger partial charge in [0.05, 0.1) is 0 Å². The maximum atomic E-state index is 10.7. The number of hydrogen-bond acceptors (Lipinski definition) is 1. The normalized spacial score (nSPS) is 16.3. The van der Waals surface area contributed by atoms with Gasteiger partial charge in [0, 0.05) is 6.08 Å². The number of carbonyl (C=O) groups is 1. The van der Waals surface area contributed by atoms with Crippen molar-refractivity contribution in [2.45, 2.75) is 64.7 Å². The molecular formula is C31H38O2. The quantitative estimate of drug-likeness (QED) is 0.311. The van der Waals surface area contributed by atoms with Gasteiger partial charge in [0.15, 0.2) is 0 Å². The molecule has 1 N–H and O–H groups in total. The lowest BCUT2D eigenvalue weighted by Crippen LogP contribution is -2.07. The lowest BCUT2D eigenvalue weighted by atomic mass is 9.79. The van der Waals surface area contributed by atoms with Crippen LogP contribution in [0.5, 0.6) is 0 Å². The molecule has 0 aromatic heterocycles. The van der Waals surface area contributed by atoms with Crippen LogP contribution in [0.1, 0.15) is 75.8 Å². The molecule has 33 heavy (non-hydrogen) atoms. The highest BCUT2D eigenvalue weighted by Gasteiger charge is 2.19. The molecule has 0 heterocycles. The molecule has 0 fully saturated rings. The van der Waals surface area contributed by atoms with E-state index < -0.39 is 5.97 Å². The Bertz CT molecular complexity index is 949. The van der Waals surface area contributed by atoms with Gasteiger partial charge in [-0.2, -0.15) is 0 Å². The van der Waals surface area contributed by atoms with Crippen LogP contribution in [-0.4, -0.2) is 11.1 Å². The van der Waals surface area contributed by atoms with Gasteiger partial charge in [-0.05, 0) is 73.6 Å². The van der Waals surface area contributed by atoms with Gasteiger partial charge in [0.2, 0.25) is 0 Å². The summed E-state index contributed by atoms with van der Waals surface area (Å²) < 4.78 is 0. The molecule has 0 aliphatic heterocycles. The summed E-state index contributed by atoms with van der Waals surface area (Å²) in [5.74, 6) is -0.318. The van der Waals surface area contributed by atoms with E-state index in [9.17, 15) is 4.79 Å². The van der Waals surface area contributed by atoms with Crippen molar-refractivity contribution < 1.29 is 9.90 Å². The van der Waals surface area contributed by atoms with Crippen LogP contribution in [0.25, 0.3) is 5.57 Å². The predicted molar refractivity (Wildman–Crippen MR) is 141 cm³/mol. The maximum absolute atomic E-state index is 10.7. The second kappa shape index (κ2) is 14.8. The minimum Gasteiger partial charge on any atom is -0.478 e. The Hall–Kier alpha value is -3.13. The molecule has 1 unspecified atom stereocenters. The standard InChI is InChI=1S/C26H28O2.C5H10/c1-20-16-17-24(22-12-6-3-7-13-22)19-25(20)18-23(14-8-9-15-26(27)28)21-10-4-2-5-11-21;1-3-5-4-2/h2-7,9-13,15,18,24H,8,14,16-17,19H2,1H3,(H,27,28);3H,1,4-5H2,2H3/b15-9+,23-18+;. The summed E-state index contributed by atoms with van der Waals surface area (Å²) in [6.07, 6.45) is 14.6. The molecule has 0 amide bonds. The number of carboxylic acid groups (broad SMARTS) is 1. The molecule has 1 aliphatic carbocycles. The monoisotopic (exact) mass is 442 g/mol. The average molecular weight is 443 g/mol. The van der Waals surface area contributed by atoms with E-state index in [4.69, 9.17) is 5.11 Å². The van der Waals surface area contributed by atoms with Crippen LogP contribution in [-0.2, 0) is 4.79 Å². The van der Waals surface area contributed by atoms with Crippen molar-refractivity contribution in [2.24, 2.45) is 0 Å². The predicted octanol–water partition coefficient (Wildman–Crippen LogP) is 8.75.